The van der Waals surface area contributed by atoms with Gasteiger partial charge in [-0.25, -0.2) is 10.8 Å². The van der Waals surface area contributed by atoms with Gasteiger partial charge in [-0.1, -0.05) is 0 Å². The van der Waals surface area contributed by atoms with Crippen LogP contribution >= 0.6 is 11.3 Å². The molecule has 1 aliphatic rings. The highest BCUT2D eigenvalue weighted by Crippen LogP contribution is 2.26. The molecule has 114 valence electrons. The fourth-order valence-corrected chi connectivity index (χ4v) is 3.56. The molecule has 2 aromatic heterocycles. The zero-order valence-electron chi connectivity index (χ0n) is 12.3. The molecular formula is C14H22N6S. The first-order chi connectivity index (χ1) is 10.3. The van der Waals surface area contributed by atoms with E-state index in [0.717, 1.165) is 28.5 Å². The molecule has 4 N–H and O–H groups in total. The molecule has 1 fully saturated rings. The van der Waals surface area contributed by atoms with Crippen LogP contribution in [0, 0.1) is 5.92 Å². The summed E-state index contributed by atoms with van der Waals surface area (Å²) in [6.07, 6.45) is 3.78. The summed E-state index contributed by atoms with van der Waals surface area (Å²) >= 11 is 1.60. The molecule has 0 radical (unpaired) electrons. The second-order valence-corrected chi connectivity index (χ2v) is 6.54. The van der Waals surface area contributed by atoms with Gasteiger partial charge in [0.25, 0.3) is 0 Å². The summed E-state index contributed by atoms with van der Waals surface area (Å²) in [5.41, 5.74) is 2.53. The van der Waals surface area contributed by atoms with Crippen molar-refractivity contribution in [2.45, 2.75) is 19.3 Å². The van der Waals surface area contributed by atoms with Gasteiger partial charge in [0.15, 0.2) is 0 Å². The van der Waals surface area contributed by atoms with Crippen molar-refractivity contribution in [2.75, 3.05) is 37.4 Å². The van der Waals surface area contributed by atoms with E-state index in [1.54, 1.807) is 11.3 Å². The summed E-state index contributed by atoms with van der Waals surface area (Å²) in [5, 5.41) is 6.55. The molecule has 6 nitrogen and oxygen atoms in total. The average molecular weight is 306 g/mol. The lowest BCUT2D eigenvalue weighted by Crippen LogP contribution is -2.30. The lowest BCUT2D eigenvalue weighted by Gasteiger charge is -2.28. The number of hydrogen-bond acceptors (Lipinski definition) is 7. The fraction of sp³-hybridized carbons (Fsp3) is 0.571. The van der Waals surface area contributed by atoms with Crippen LogP contribution in [0.3, 0.4) is 0 Å². The Kier molecular flexibility index (Phi) is 4.52. The number of likely N-dealkylation sites (tertiary alicyclic amines) is 1. The zero-order chi connectivity index (χ0) is 14.7. The van der Waals surface area contributed by atoms with Gasteiger partial charge < -0.3 is 10.2 Å². The lowest BCUT2D eigenvalue weighted by molar-refractivity contribution is 0.215. The van der Waals surface area contributed by atoms with Gasteiger partial charge in [-0.05, 0) is 56.8 Å². The van der Waals surface area contributed by atoms with Crippen LogP contribution in [0.5, 0.6) is 0 Å². The Bertz CT molecular complexity index is 590. The first-order valence-corrected chi connectivity index (χ1v) is 8.28. The number of hydrogen-bond donors (Lipinski definition) is 3. The van der Waals surface area contributed by atoms with E-state index in [0.29, 0.717) is 5.95 Å². The van der Waals surface area contributed by atoms with Crippen molar-refractivity contribution in [2.24, 2.45) is 11.8 Å². The minimum Gasteiger partial charge on any atom is -0.369 e. The van der Waals surface area contributed by atoms with Crippen LogP contribution in [-0.2, 0) is 0 Å². The Morgan fingerprint density at radius 1 is 1.38 bits per heavy atom. The number of thiophene rings is 1. The minimum atomic E-state index is 0.465. The van der Waals surface area contributed by atoms with Crippen LogP contribution in [0.1, 0.15) is 19.3 Å². The molecule has 2 aromatic rings. The summed E-state index contributed by atoms with van der Waals surface area (Å²) in [5.74, 6) is 7.60. The molecule has 0 amide bonds. The third-order valence-corrected chi connectivity index (χ3v) is 4.94. The maximum atomic E-state index is 5.43. The molecule has 1 saturated heterocycles. The van der Waals surface area contributed by atoms with E-state index in [2.05, 4.69) is 38.7 Å². The first kappa shape index (κ1) is 14.5. The van der Waals surface area contributed by atoms with E-state index in [9.17, 15) is 0 Å². The van der Waals surface area contributed by atoms with E-state index in [-0.39, 0.29) is 0 Å². The fourth-order valence-electron chi connectivity index (χ4n) is 2.80. The molecule has 3 heterocycles. The molecule has 0 aliphatic carbocycles. The number of nitrogens with two attached hydrogens (primary N) is 1. The van der Waals surface area contributed by atoms with E-state index >= 15 is 0 Å². The number of piperidine rings is 1. The molecule has 3 rings (SSSR count). The molecule has 0 bridgehead atoms. The Morgan fingerprint density at radius 2 is 2.19 bits per heavy atom. The monoisotopic (exact) mass is 306 g/mol. The summed E-state index contributed by atoms with van der Waals surface area (Å²) < 4.78 is 0. The van der Waals surface area contributed by atoms with Crippen molar-refractivity contribution in [3.8, 4) is 0 Å². The minimum absolute atomic E-state index is 0.465. The normalized spacial score (nSPS) is 17.2. The molecule has 7 heteroatoms. The highest BCUT2D eigenvalue weighted by molar-refractivity contribution is 7.16. The largest absolute Gasteiger partial charge is 0.369 e. The molecule has 0 spiro atoms. The van der Waals surface area contributed by atoms with Crippen molar-refractivity contribution >= 4 is 33.3 Å². The summed E-state index contributed by atoms with van der Waals surface area (Å²) in [6.45, 7) is 3.38. The number of nitrogens with zero attached hydrogens (tertiary/aromatic N) is 3. The molecule has 0 saturated carbocycles. The van der Waals surface area contributed by atoms with Crippen molar-refractivity contribution in [1.82, 2.24) is 14.9 Å². The summed E-state index contributed by atoms with van der Waals surface area (Å²) in [7, 11) is 2.20. The number of aromatic nitrogens is 2. The molecule has 0 aromatic carbocycles. The number of anilines is 2. The van der Waals surface area contributed by atoms with Gasteiger partial charge in [-0.15, -0.1) is 11.3 Å². The van der Waals surface area contributed by atoms with Gasteiger partial charge >= 0.3 is 0 Å². The summed E-state index contributed by atoms with van der Waals surface area (Å²) in [6, 6.07) is 2.05. The Hall–Kier alpha value is -1.44. The van der Waals surface area contributed by atoms with Gasteiger partial charge in [0.2, 0.25) is 5.95 Å². The molecule has 1 aliphatic heterocycles. The van der Waals surface area contributed by atoms with Gasteiger partial charge in [0, 0.05) is 6.54 Å². The predicted octanol–water partition coefficient (Wildman–Crippen LogP) is 2.12. The van der Waals surface area contributed by atoms with Crippen LogP contribution in [0.25, 0.3) is 10.2 Å². The highest BCUT2D eigenvalue weighted by Gasteiger charge is 2.16. The molecule has 0 unspecified atom stereocenters. The maximum Gasteiger partial charge on any atom is 0.240 e. The van der Waals surface area contributed by atoms with Gasteiger partial charge in [0.1, 0.15) is 10.6 Å². The highest BCUT2D eigenvalue weighted by atomic mass is 32.1. The third-order valence-electron chi connectivity index (χ3n) is 4.14. The number of fused-ring (bicyclic) bond motifs is 1. The predicted molar refractivity (Wildman–Crippen MR) is 88.6 cm³/mol. The van der Waals surface area contributed by atoms with E-state index in [4.69, 9.17) is 5.84 Å². The lowest BCUT2D eigenvalue weighted by atomic mass is 9.94. The second-order valence-electron chi connectivity index (χ2n) is 5.64. The standard InChI is InChI=1S/C14H22N6S/c1-20-7-3-10(4-8-20)2-6-16-12-11-5-9-21-13(11)18-14(17-12)19-15/h5,9-10H,2-4,6-8,15H2,1H3,(H2,16,17,18,19). The Labute approximate surface area is 128 Å². The van der Waals surface area contributed by atoms with E-state index in [1.807, 2.05) is 5.38 Å². The third kappa shape index (κ3) is 3.42. The van der Waals surface area contributed by atoms with Crippen LogP contribution in [0.15, 0.2) is 11.4 Å². The zero-order valence-corrected chi connectivity index (χ0v) is 13.1. The van der Waals surface area contributed by atoms with Crippen molar-refractivity contribution in [1.29, 1.82) is 0 Å². The van der Waals surface area contributed by atoms with Gasteiger partial charge in [-0.2, -0.15) is 4.98 Å². The van der Waals surface area contributed by atoms with E-state index < -0.39 is 0 Å². The molecular weight excluding hydrogens is 284 g/mol. The van der Waals surface area contributed by atoms with Gasteiger partial charge in [-0.3, -0.25) is 5.43 Å². The molecule has 0 atom stereocenters. The van der Waals surface area contributed by atoms with Crippen molar-refractivity contribution in [3.05, 3.63) is 11.4 Å². The van der Waals surface area contributed by atoms with Crippen LogP contribution in [0.2, 0.25) is 0 Å². The first-order valence-electron chi connectivity index (χ1n) is 7.40. The Balaban J connectivity index is 1.61. The average Bonchev–Trinajstić information content (AvgIpc) is 2.97. The topological polar surface area (TPSA) is 79.1 Å². The van der Waals surface area contributed by atoms with Gasteiger partial charge in [0.05, 0.1) is 5.39 Å². The smallest absolute Gasteiger partial charge is 0.240 e. The van der Waals surface area contributed by atoms with Crippen molar-refractivity contribution in [3.63, 3.8) is 0 Å². The van der Waals surface area contributed by atoms with Crippen LogP contribution in [-0.4, -0.2) is 41.5 Å². The number of nitrogens with one attached hydrogen (secondary N) is 2. The summed E-state index contributed by atoms with van der Waals surface area (Å²) in [4.78, 5) is 12.1. The Morgan fingerprint density at radius 3 is 2.95 bits per heavy atom. The van der Waals surface area contributed by atoms with Crippen LogP contribution < -0.4 is 16.6 Å². The number of hydrazine groups is 1. The maximum absolute atomic E-state index is 5.43. The number of nitrogen functional groups attached to an aromatic ring is 1. The SMILES string of the molecule is CN1CCC(CCNc2nc(NN)nc3sccc23)CC1. The van der Waals surface area contributed by atoms with Crippen LogP contribution in [0.4, 0.5) is 11.8 Å². The van der Waals surface area contributed by atoms with E-state index in [1.165, 1.54) is 32.4 Å². The quantitative estimate of drug-likeness (QED) is 0.580. The molecule has 21 heavy (non-hydrogen) atoms. The second kappa shape index (κ2) is 6.55. The number of rotatable bonds is 5. The van der Waals surface area contributed by atoms with Crippen molar-refractivity contribution < 1.29 is 0 Å².